The zero-order chi connectivity index (χ0) is 8.10. The molecule has 0 radical (unpaired) electrons. The first-order valence-corrected chi connectivity index (χ1v) is 4.39. The number of rotatable bonds is 3. The Hall–Kier alpha value is -0.500. The van der Waals surface area contributed by atoms with Crippen LogP contribution in [0.5, 0.6) is 0 Å². The molecule has 1 aliphatic rings. The van der Waals surface area contributed by atoms with Crippen molar-refractivity contribution in [3.8, 4) is 0 Å². The van der Waals surface area contributed by atoms with Crippen LogP contribution in [0.25, 0.3) is 0 Å². The third-order valence-electron chi connectivity index (χ3n) is 2.20. The summed E-state index contributed by atoms with van der Waals surface area (Å²) < 4.78 is 0. The van der Waals surface area contributed by atoms with E-state index in [0.29, 0.717) is 12.6 Å². The summed E-state index contributed by atoms with van der Waals surface area (Å²) >= 11 is 0. The van der Waals surface area contributed by atoms with Crippen molar-refractivity contribution < 1.29 is 5.11 Å². The van der Waals surface area contributed by atoms with E-state index in [0.717, 1.165) is 0 Å². The quantitative estimate of drug-likeness (QED) is 0.611. The zero-order valence-electron chi connectivity index (χ0n) is 6.97. The van der Waals surface area contributed by atoms with Gasteiger partial charge in [-0.1, -0.05) is 25.8 Å². The predicted octanol–water partition coefficient (Wildman–Crippen LogP) is 1.98. The van der Waals surface area contributed by atoms with E-state index in [1.165, 1.54) is 32.1 Å². The average Bonchev–Trinajstić information content (AvgIpc) is 2.03. The minimum Gasteiger partial charge on any atom is -0.512 e. The van der Waals surface area contributed by atoms with Crippen LogP contribution < -0.4 is 5.32 Å². The molecule has 0 aromatic carbocycles. The topological polar surface area (TPSA) is 32.3 Å². The van der Waals surface area contributed by atoms with Crippen molar-refractivity contribution >= 4 is 0 Å². The smallest absolute Gasteiger partial charge is 0.0989 e. The fourth-order valence-electron chi connectivity index (χ4n) is 1.57. The Kier molecular flexibility index (Phi) is 3.43. The van der Waals surface area contributed by atoms with Crippen molar-refractivity contribution in [1.82, 2.24) is 5.32 Å². The van der Waals surface area contributed by atoms with Gasteiger partial charge >= 0.3 is 0 Å². The molecular formula is C9H17NO. The van der Waals surface area contributed by atoms with Crippen molar-refractivity contribution in [3.05, 3.63) is 12.3 Å². The summed E-state index contributed by atoms with van der Waals surface area (Å²) in [6.45, 7) is 3.99. The maximum absolute atomic E-state index is 8.83. The lowest BCUT2D eigenvalue weighted by Crippen LogP contribution is -2.32. The van der Waals surface area contributed by atoms with E-state index < -0.39 is 0 Å². The van der Waals surface area contributed by atoms with Crippen LogP contribution in [0.2, 0.25) is 0 Å². The van der Waals surface area contributed by atoms with Gasteiger partial charge in [0.05, 0.1) is 12.3 Å². The number of hydrogen-bond donors (Lipinski definition) is 2. The van der Waals surface area contributed by atoms with Crippen LogP contribution >= 0.6 is 0 Å². The van der Waals surface area contributed by atoms with Gasteiger partial charge in [0.2, 0.25) is 0 Å². The number of aliphatic hydroxyl groups excluding tert-OH is 1. The van der Waals surface area contributed by atoms with Crippen molar-refractivity contribution in [2.75, 3.05) is 6.54 Å². The Morgan fingerprint density at radius 1 is 1.36 bits per heavy atom. The van der Waals surface area contributed by atoms with E-state index in [4.69, 9.17) is 5.11 Å². The first-order chi connectivity index (χ1) is 5.29. The molecule has 1 saturated carbocycles. The molecule has 0 amide bonds. The maximum Gasteiger partial charge on any atom is 0.0989 e. The second kappa shape index (κ2) is 4.39. The monoisotopic (exact) mass is 155 g/mol. The fourth-order valence-corrected chi connectivity index (χ4v) is 1.57. The van der Waals surface area contributed by atoms with Crippen molar-refractivity contribution in [2.45, 2.75) is 38.1 Å². The third kappa shape index (κ3) is 3.42. The summed E-state index contributed by atoms with van der Waals surface area (Å²) in [6.07, 6.45) is 6.55. The molecule has 0 heterocycles. The van der Waals surface area contributed by atoms with Crippen LogP contribution in [0.3, 0.4) is 0 Å². The molecule has 1 aliphatic carbocycles. The summed E-state index contributed by atoms with van der Waals surface area (Å²) in [6, 6.07) is 0.618. The SMILES string of the molecule is C=C(O)CNC1CCCCC1. The minimum absolute atomic E-state index is 0.246. The highest BCUT2D eigenvalue weighted by molar-refractivity contribution is 4.84. The molecule has 0 atom stereocenters. The number of nitrogens with one attached hydrogen (secondary N) is 1. The molecule has 0 aromatic rings. The van der Waals surface area contributed by atoms with E-state index in [1.54, 1.807) is 0 Å². The van der Waals surface area contributed by atoms with Crippen LogP contribution in [-0.4, -0.2) is 17.7 Å². The van der Waals surface area contributed by atoms with Gasteiger partial charge in [-0.3, -0.25) is 0 Å². The standard InChI is InChI=1S/C9H17NO/c1-8(11)7-10-9-5-3-2-4-6-9/h9-11H,1-7H2. The van der Waals surface area contributed by atoms with Crippen LogP contribution in [0, 0.1) is 0 Å². The maximum atomic E-state index is 8.83. The lowest BCUT2D eigenvalue weighted by atomic mass is 9.95. The van der Waals surface area contributed by atoms with Crippen molar-refractivity contribution in [1.29, 1.82) is 0 Å². The van der Waals surface area contributed by atoms with Gasteiger partial charge in [-0.25, -0.2) is 0 Å². The molecule has 2 heteroatoms. The van der Waals surface area contributed by atoms with Crippen molar-refractivity contribution in [3.63, 3.8) is 0 Å². The Labute approximate surface area is 68.3 Å². The van der Waals surface area contributed by atoms with E-state index in [1.807, 2.05) is 0 Å². The van der Waals surface area contributed by atoms with Gasteiger partial charge in [-0.05, 0) is 12.8 Å². The summed E-state index contributed by atoms with van der Waals surface area (Å²) in [5, 5.41) is 12.1. The summed E-state index contributed by atoms with van der Waals surface area (Å²) in [4.78, 5) is 0. The zero-order valence-corrected chi connectivity index (χ0v) is 6.97. The molecule has 0 unspecified atom stereocenters. The van der Waals surface area contributed by atoms with E-state index in [9.17, 15) is 0 Å². The van der Waals surface area contributed by atoms with Gasteiger partial charge in [0.15, 0.2) is 0 Å². The summed E-state index contributed by atoms with van der Waals surface area (Å²) in [5.74, 6) is 0.246. The molecule has 1 rings (SSSR count). The molecule has 0 saturated heterocycles. The van der Waals surface area contributed by atoms with Crippen molar-refractivity contribution in [2.24, 2.45) is 0 Å². The molecule has 64 valence electrons. The molecular weight excluding hydrogens is 138 g/mol. The lowest BCUT2D eigenvalue weighted by Gasteiger charge is -2.22. The largest absolute Gasteiger partial charge is 0.512 e. The minimum atomic E-state index is 0.246. The normalized spacial score (nSPS) is 20.0. The third-order valence-corrected chi connectivity index (χ3v) is 2.20. The summed E-state index contributed by atoms with van der Waals surface area (Å²) in [7, 11) is 0. The Bertz CT molecular complexity index is 128. The number of hydrogen-bond acceptors (Lipinski definition) is 2. The van der Waals surface area contributed by atoms with E-state index in [2.05, 4.69) is 11.9 Å². The highest BCUT2D eigenvalue weighted by Gasteiger charge is 2.11. The number of aliphatic hydroxyl groups is 1. The summed E-state index contributed by atoms with van der Waals surface area (Å²) in [5.41, 5.74) is 0. The fraction of sp³-hybridized carbons (Fsp3) is 0.778. The van der Waals surface area contributed by atoms with Gasteiger partial charge in [0.25, 0.3) is 0 Å². The molecule has 0 aliphatic heterocycles. The first-order valence-electron chi connectivity index (χ1n) is 4.39. The van der Waals surface area contributed by atoms with Crippen LogP contribution in [0.15, 0.2) is 12.3 Å². The molecule has 2 nitrogen and oxygen atoms in total. The molecule has 2 N–H and O–H groups in total. The van der Waals surface area contributed by atoms with Gasteiger partial charge in [-0.2, -0.15) is 0 Å². The molecule has 0 bridgehead atoms. The second-order valence-electron chi connectivity index (χ2n) is 3.28. The molecule has 0 aromatic heterocycles. The molecule has 11 heavy (non-hydrogen) atoms. The Morgan fingerprint density at radius 3 is 2.55 bits per heavy atom. The predicted molar refractivity (Wildman–Crippen MR) is 46.6 cm³/mol. The van der Waals surface area contributed by atoms with Gasteiger partial charge in [-0.15, -0.1) is 0 Å². The second-order valence-corrected chi connectivity index (χ2v) is 3.28. The molecule has 0 spiro atoms. The first kappa shape index (κ1) is 8.60. The van der Waals surface area contributed by atoms with Gasteiger partial charge < -0.3 is 10.4 Å². The average molecular weight is 155 g/mol. The van der Waals surface area contributed by atoms with E-state index >= 15 is 0 Å². The van der Waals surface area contributed by atoms with Gasteiger partial charge in [0.1, 0.15) is 0 Å². The van der Waals surface area contributed by atoms with Crippen LogP contribution in [0.4, 0.5) is 0 Å². The van der Waals surface area contributed by atoms with Gasteiger partial charge in [0, 0.05) is 6.04 Å². The highest BCUT2D eigenvalue weighted by atomic mass is 16.3. The lowest BCUT2D eigenvalue weighted by molar-refractivity contribution is 0.341. The van der Waals surface area contributed by atoms with Crippen LogP contribution in [-0.2, 0) is 0 Å². The molecule has 1 fully saturated rings. The Morgan fingerprint density at radius 2 is 2.00 bits per heavy atom. The Balaban J connectivity index is 2.09. The van der Waals surface area contributed by atoms with Crippen LogP contribution in [0.1, 0.15) is 32.1 Å². The highest BCUT2D eigenvalue weighted by Crippen LogP contribution is 2.17. The van der Waals surface area contributed by atoms with E-state index in [-0.39, 0.29) is 5.76 Å².